The Morgan fingerprint density at radius 3 is 2.94 bits per heavy atom. The van der Waals surface area contributed by atoms with Crippen molar-refractivity contribution in [2.75, 3.05) is 32.1 Å². The lowest BCUT2D eigenvalue weighted by Gasteiger charge is -2.08. The second-order valence-corrected chi connectivity index (χ2v) is 4.11. The van der Waals surface area contributed by atoms with Crippen LogP contribution in [0.3, 0.4) is 0 Å². The predicted octanol–water partition coefficient (Wildman–Crippen LogP) is 1.05. The summed E-state index contributed by atoms with van der Waals surface area (Å²) in [4.78, 5) is 11.8. The van der Waals surface area contributed by atoms with Crippen molar-refractivity contribution < 1.29 is 14.6 Å². The zero-order chi connectivity index (χ0) is 13.4. The number of amides is 1. The van der Waals surface area contributed by atoms with Crippen LogP contribution in [0.1, 0.15) is 16.8 Å². The molecule has 1 amide bonds. The fourth-order valence-corrected chi connectivity index (χ4v) is 1.54. The Balaban J connectivity index is 2.34. The summed E-state index contributed by atoms with van der Waals surface area (Å²) in [7, 11) is 0. The number of carbonyl (C=O) groups is 1. The third-order valence-corrected chi connectivity index (χ3v) is 2.48. The zero-order valence-corrected chi connectivity index (χ0v) is 10.7. The Labute approximate surface area is 111 Å². The molecule has 1 aromatic rings. The van der Waals surface area contributed by atoms with Gasteiger partial charge in [0.1, 0.15) is 0 Å². The smallest absolute Gasteiger partial charge is 0.253 e. The van der Waals surface area contributed by atoms with Crippen LogP contribution in [-0.4, -0.2) is 37.4 Å². The molecule has 0 radical (unpaired) electrons. The van der Waals surface area contributed by atoms with E-state index in [0.29, 0.717) is 42.5 Å². The monoisotopic (exact) mass is 272 g/mol. The zero-order valence-electron chi connectivity index (χ0n) is 9.99. The van der Waals surface area contributed by atoms with E-state index in [4.69, 9.17) is 27.2 Å². The van der Waals surface area contributed by atoms with Gasteiger partial charge in [0.05, 0.1) is 18.8 Å². The minimum atomic E-state index is -0.253. The molecule has 5 nitrogen and oxygen atoms in total. The van der Waals surface area contributed by atoms with Crippen LogP contribution in [0.15, 0.2) is 18.2 Å². The van der Waals surface area contributed by atoms with Gasteiger partial charge in [-0.2, -0.15) is 0 Å². The fourth-order valence-electron chi connectivity index (χ4n) is 1.36. The first kappa shape index (κ1) is 14.8. The molecule has 0 aliphatic heterocycles. The van der Waals surface area contributed by atoms with Crippen LogP contribution in [0, 0.1) is 0 Å². The lowest BCUT2D eigenvalue weighted by molar-refractivity contribution is 0.0868. The van der Waals surface area contributed by atoms with Crippen LogP contribution in [0.4, 0.5) is 5.69 Å². The minimum absolute atomic E-state index is 0.00536. The van der Waals surface area contributed by atoms with Crippen molar-refractivity contribution in [1.29, 1.82) is 0 Å². The first-order valence-corrected chi connectivity index (χ1v) is 6.04. The van der Waals surface area contributed by atoms with Crippen molar-refractivity contribution >= 4 is 23.2 Å². The maximum Gasteiger partial charge on any atom is 0.253 e. The summed E-state index contributed by atoms with van der Waals surface area (Å²) in [5, 5.41) is 11.7. The highest BCUT2D eigenvalue weighted by Gasteiger charge is 2.09. The van der Waals surface area contributed by atoms with Gasteiger partial charge in [-0.25, -0.2) is 0 Å². The molecule has 6 heteroatoms. The number of carbonyl (C=O) groups excluding carboxylic acids is 1. The van der Waals surface area contributed by atoms with Gasteiger partial charge in [0.15, 0.2) is 0 Å². The molecule has 0 bridgehead atoms. The van der Waals surface area contributed by atoms with E-state index in [1.165, 1.54) is 6.07 Å². The number of aliphatic hydroxyl groups is 1. The lowest BCUT2D eigenvalue weighted by Crippen LogP contribution is -2.26. The van der Waals surface area contributed by atoms with Crippen molar-refractivity contribution in [3.63, 3.8) is 0 Å². The number of halogens is 1. The number of nitrogens with two attached hydrogens (primary N) is 1. The van der Waals surface area contributed by atoms with Crippen LogP contribution in [0.25, 0.3) is 0 Å². The van der Waals surface area contributed by atoms with E-state index in [0.717, 1.165) is 0 Å². The molecule has 0 atom stereocenters. The summed E-state index contributed by atoms with van der Waals surface area (Å²) in [6, 6.07) is 4.77. The quantitative estimate of drug-likeness (QED) is 0.512. The van der Waals surface area contributed by atoms with Gasteiger partial charge >= 0.3 is 0 Å². The summed E-state index contributed by atoms with van der Waals surface area (Å²) in [5.74, 6) is -0.253. The van der Waals surface area contributed by atoms with Crippen molar-refractivity contribution in [1.82, 2.24) is 5.32 Å². The van der Waals surface area contributed by atoms with E-state index in [1.807, 2.05) is 0 Å². The molecule has 0 fully saturated rings. The van der Waals surface area contributed by atoms with Gasteiger partial charge < -0.3 is 20.9 Å². The van der Waals surface area contributed by atoms with Crippen molar-refractivity contribution in [3.05, 3.63) is 28.8 Å². The van der Waals surface area contributed by atoms with Gasteiger partial charge in [-0.1, -0.05) is 11.6 Å². The van der Waals surface area contributed by atoms with Gasteiger partial charge in [-0.05, 0) is 24.6 Å². The Bertz CT molecular complexity index is 399. The molecule has 0 aromatic heterocycles. The number of nitrogen functional groups attached to an aromatic ring is 1. The number of hydrogen-bond donors (Lipinski definition) is 3. The number of hydrogen-bond acceptors (Lipinski definition) is 4. The topological polar surface area (TPSA) is 84.6 Å². The number of nitrogens with one attached hydrogen (secondary N) is 1. The van der Waals surface area contributed by atoms with Crippen LogP contribution in [-0.2, 0) is 4.74 Å². The summed E-state index contributed by atoms with van der Waals surface area (Å²) in [6.45, 7) is 1.29. The molecule has 0 heterocycles. The Kier molecular flexibility index (Phi) is 6.49. The number of ether oxygens (including phenoxy) is 1. The SMILES string of the molecule is Nc1ccc(Cl)cc1C(=O)NCCCOCCO. The molecular formula is C12H17ClN2O3. The third-order valence-electron chi connectivity index (χ3n) is 2.25. The summed E-state index contributed by atoms with van der Waals surface area (Å²) in [6.07, 6.45) is 0.673. The van der Waals surface area contributed by atoms with Gasteiger partial charge in [0.2, 0.25) is 0 Å². The highest BCUT2D eigenvalue weighted by Crippen LogP contribution is 2.17. The molecule has 18 heavy (non-hydrogen) atoms. The van der Waals surface area contributed by atoms with Crippen LogP contribution in [0.2, 0.25) is 5.02 Å². The molecule has 0 aliphatic rings. The maximum absolute atomic E-state index is 11.8. The second kappa shape index (κ2) is 7.92. The molecule has 4 N–H and O–H groups in total. The van der Waals surface area contributed by atoms with Gasteiger partial charge in [-0.3, -0.25) is 4.79 Å². The van der Waals surface area contributed by atoms with E-state index < -0.39 is 0 Å². The minimum Gasteiger partial charge on any atom is -0.398 e. The third kappa shape index (κ3) is 4.91. The van der Waals surface area contributed by atoms with Crippen molar-refractivity contribution in [2.45, 2.75) is 6.42 Å². The standard InChI is InChI=1S/C12H17ClN2O3/c13-9-2-3-11(14)10(8-9)12(17)15-4-1-6-18-7-5-16/h2-3,8,16H,1,4-7,14H2,(H,15,17). The second-order valence-electron chi connectivity index (χ2n) is 3.68. The maximum atomic E-state index is 11.8. The predicted molar refractivity (Wildman–Crippen MR) is 70.7 cm³/mol. The Hall–Kier alpha value is -1.30. The number of anilines is 1. The van der Waals surface area contributed by atoms with Gasteiger partial charge in [0.25, 0.3) is 5.91 Å². The van der Waals surface area contributed by atoms with Gasteiger partial charge in [0, 0.05) is 23.9 Å². The largest absolute Gasteiger partial charge is 0.398 e. The Morgan fingerprint density at radius 1 is 1.44 bits per heavy atom. The average Bonchev–Trinajstić information content (AvgIpc) is 2.36. The first-order valence-electron chi connectivity index (χ1n) is 5.67. The normalized spacial score (nSPS) is 10.3. The average molecular weight is 273 g/mol. The highest BCUT2D eigenvalue weighted by molar-refractivity contribution is 6.31. The van der Waals surface area contributed by atoms with E-state index in [-0.39, 0.29) is 12.5 Å². The summed E-state index contributed by atoms with van der Waals surface area (Å²) < 4.78 is 5.07. The summed E-state index contributed by atoms with van der Waals surface area (Å²) >= 11 is 5.80. The number of benzene rings is 1. The molecule has 1 aromatic carbocycles. The Morgan fingerprint density at radius 2 is 2.22 bits per heavy atom. The van der Waals surface area contributed by atoms with E-state index in [1.54, 1.807) is 12.1 Å². The van der Waals surface area contributed by atoms with Crippen LogP contribution >= 0.6 is 11.6 Å². The fraction of sp³-hybridized carbons (Fsp3) is 0.417. The van der Waals surface area contributed by atoms with E-state index >= 15 is 0 Å². The summed E-state index contributed by atoms with van der Waals surface area (Å²) in [5.41, 5.74) is 6.46. The van der Waals surface area contributed by atoms with Crippen LogP contribution in [0.5, 0.6) is 0 Å². The van der Waals surface area contributed by atoms with E-state index in [2.05, 4.69) is 5.32 Å². The first-order chi connectivity index (χ1) is 8.65. The molecule has 1 rings (SSSR count). The van der Waals surface area contributed by atoms with E-state index in [9.17, 15) is 4.79 Å². The van der Waals surface area contributed by atoms with Gasteiger partial charge in [-0.15, -0.1) is 0 Å². The van der Waals surface area contributed by atoms with Crippen molar-refractivity contribution in [3.8, 4) is 0 Å². The number of aliphatic hydroxyl groups excluding tert-OH is 1. The molecular weight excluding hydrogens is 256 g/mol. The van der Waals surface area contributed by atoms with Crippen molar-refractivity contribution in [2.24, 2.45) is 0 Å². The molecule has 0 unspecified atom stereocenters. The molecule has 0 saturated carbocycles. The molecule has 100 valence electrons. The molecule has 0 aliphatic carbocycles. The molecule has 0 saturated heterocycles. The lowest BCUT2D eigenvalue weighted by atomic mass is 10.1. The molecule has 0 spiro atoms. The van der Waals surface area contributed by atoms with Crippen LogP contribution < -0.4 is 11.1 Å². The highest BCUT2D eigenvalue weighted by atomic mass is 35.5. The number of rotatable bonds is 7.